The fraction of sp³-hybridized carbons (Fsp3) is 0.368. The molecule has 0 aromatic heterocycles. The third kappa shape index (κ3) is 2.91. The van der Waals surface area contributed by atoms with Gasteiger partial charge in [-0.2, -0.15) is 0 Å². The van der Waals surface area contributed by atoms with E-state index in [1.54, 1.807) is 7.11 Å². The molecule has 2 heterocycles. The first-order valence-corrected chi connectivity index (χ1v) is 8.43. The van der Waals surface area contributed by atoms with Gasteiger partial charge >= 0.3 is 0 Å². The Bertz CT molecular complexity index is 686. The Balaban J connectivity index is 1.57. The van der Waals surface area contributed by atoms with Crippen LogP contribution in [0.15, 0.2) is 48.5 Å². The van der Waals surface area contributed by atoms with Gasteiger partial charge in [0.25, 0.3) is 0 Å². The van der Waals surface area contributed by atoms with E-state index in [0.29, 0.717) is 18.2 Å². The van der Waals surface area contributed by atoms with Crippen LogP contribution in [0.3, 0.4) is 0 Å². The molecular formula is C19H19ClO4. The van der Waals surface area contributed by atoms with Gasteiger partial charge in [-0.15, -0.1) is 0 Å². The fourth-order valence-corrected chi connectivity index (χ4v) is 3.65. The molecule has 0 radical (unpaired) electrons. The van der Waals surface area contributed by atoms with Gasteiger partial charge in [-0.1, -0.05) is 35.9 Å². The van der Waals surface area contributed by atoms with Crippen LogP contribution in [0.25, 0.3) is 0 Å². The molecule has 5 heteroatoms. The van der Waals surface area contributed by atoms with Crippen LogP contribution in [-0.2, 0) is 14.5 Å². The molecule has 0 unspecified atom stereocenters. The fourth-order valence-electron chi connectivity index (χ4n) is 3.53. The molecule has 4 atom stereocenters. The number of rotatable bonds is 3. The summed E-state index contributed by atoms with van der Waals surface area (Å²) in [5.74, 6) is 1.34. The van der Waals surface area contributed by atoms with Crippen LogP contribution in [0, 0.1) is 11.8 Å². The molecule has 2 aliphatic heterocycles. The minimum absolute atomic E-state index is 0.132. The van der Waals surface area contributed by atoms with Crippen LogP contribution < -0.4 is 4.74 Å². The van der Waals surface area contributed by atoms with Crippen LogP contribution in [0.5, 0.6) is 5.75 Å². The zero-order chi connectivity index (χ0) is 16.5. The zero-order valence-electron chi connectivity index (χ0n) is 13.4. The Hall–Kier alpha value is -1.59. The van der Waals surface area contributed by atoms with Crippen molar-refractivity contribution in [2.45, 2.75) is 12.2 Å². The summed E-state index contributed by atoms with van der Waals surface area (Å²) in [6.45, 7) is 1.35. The number of hydrogen-bond acceptors (Lipinski definition) is 4. The van der Waals surface area contributed by atoms with Crippen molar-refractivity contribution in [3.8, 4) is 5.75 Å². The molecule has 4 nitrogen and oxygen atoms in total. The third-order valence-corrected chi connectivity index (χ3v) is 5.11. The highest BCUT2D eigenvalue weighted by Crippen LogP contribution is 2.48. The molecule has 126 valence electrons. The Morgan fingerprint density at radius 1 is 0.833 bits per heavy atom. The summed E-state index contributed by atoms with van der Waals surface area (Å²) in [6, 6.07) is 15.6. The molecule has 0 amide bonds. The van der Waals surface area contributed by atoms with E-state index in [0.717, 1.165) is 16.9 Å². The van der Waals surface area contributed by atoms with E-state index in [4.69, 9.17) is 30.8 Å². The van der Waals surface area contributed by atoms with Gasteiger partial charge in [-0.25, -0.2) is 9.78 Å². The van der Waals surface area contributed by atoms with E-state index in [-0.39, 0.29) is 24.0 Å². The second-order valence-electron chi connectivity index (χ2n) is 6.22. The van der Waals surface area contributed by atoms with Crippen LogP contribution >= 0.6 is 11.6 Å². The topological polar surface area (TPSA) is 36.9 Å². The molecule has 2 aromatic rings. The summed E-state index contributed by atoms with van der Waals surface area (Å²) in [5.41, 5.74) is 2.14. The normalized spacial score (nSPS) is 29.2. The predicted molar refractivity (Wildman–Crippen MR) is 89.9 cm³/mol. The van der Waals surface area contributed by atoms with Crippen molar-refractivity contribution in [2.24, 2.45) is 11.8 Å². The van der Waals surface area contributed by atoms with Gasteiger partial charge in [-0.3, -0.25) is 0 Å². The first-order valence-electron chi connectivity index (χ1n) is 8.05. The maximum atomic E-state index is 5.98. The van der Waals surface area contributed by atoms with Gasteiger partial charge in [0.2, 0.25) is 0 Å². The van der Waals surface area contributed by atoms with Crippen LogP contribution in [0.1, 0.15) is 23.3 Å². The second-order valence-corrected chi connectivity index (χ2v) is 6.66. The van der Waals surface area contributed by atoms with Gasteiger partial charge in [0.05, 0.1) is 20.3 Å². The van der Waals surface area contributed by atoms with E-state index in [1.165, 1.54) is 0 Å². The Labute approximate surface area is 146 Å². The largest absolute Gasteiger partial charge is 0.497 e. The van der Waals surface area contributed by atoms with Gasteiger partial charge in [0, 0.05) is 16.9 Å². The van der Waals surface area contributed by atoms with Crippen molar-refractivity contribution in [3.63, 3.8) is 0 Å². The average Bonchev–Trinajstić information content (AvgIpc) is 3.12. The van der Waals surface area contributed by atoms with E-state index in [2.05, 4.69) is 0 Å². The molecule has 0 bridgehead atoms. The van der Waals surface area contributed by atoms with Crippen LogP contribution in [-0.4, -0.2) is 20.3 Å². The van der Waals surface area contributed by atoms with Crippen molar-refractivity contribution >= 4 is 11.6 Å². The van der Waals surface area contributed by atoms with E-state index in [9.17, 15) is 0 Å². The molecule has 2 fully saturated rings. The van der Waals surface area contributed by atoms with Gasteiger partial charge < -0.3 is 9.47 Å². The van der Waals surface area contributed by atoms with Gasteiger partial charge in [-0.05, 0) is 35.4 Å². The van der Waals surface area contributed by atoms with Crippen LogP contribution in [0.4, 0.5) is 0 Å². The predicted octanol–water partition coefficient (Wildman–Crippen LogP) is 4.36. The molecule has 2 aromatic carbocycles. The molecule has 2 saturated heterocycles. The lowest BCUT2D eigenvalue weighted by Gasteiger charge is -2.37. The molecule has 0 N–H and O–H groups in total. The maximum absolute atomic E-state index is 5.98. The SMILES string of the molecule is COc1ccc([C@H]2OO[C@@H](c3ccc(Cl)cc3)[C@H]3COC[C@@H]32)cc1. The Morgan fingerprint density at radius 3 is 1.83 bits per heavy atom. The molecule has 4 rings (SSSR count). The number of fused-ring (bicyclic) bond motifs is 1. The molecule has 0 spiro atoms. The molecular weight excluding hydrogens is 328 g/mol. The van der Waals surface area contributed by atoms with Crippen molar-refractivity contribution in [3.05, 3.63) is 64.7 Å². The number of benzene rings is 2. The molecule has 0 saturated carbocycles. The van der Waals surface area contributed by atoms with Crippen molar-refractivity contribution in [1.82, 2.24) is 0 Å². The van der Waals surface area contributed by atoms with E-state index in [1.807, 2.05) is 48.5 Å². The standard InChI is InChI=1S/C19H19ClO4/c1-21-15-8-4-13(5-9-15)19-17-11-22-10-16(17)18(23-24-19)12-2-6-14(20)7-3-12/h2-9,16-19H,10-11H2,1H3/t16-,17-,18-,19+/m0/s1. The summed E-state index contributed by atoms with van der Waals surface area (Å²) in [4.78, 5) is 11.6. The number of methoxy groups -OCH3 is 1. The minimum Gasteiger partial charge on any atom is -0.497 e. The summed E-state index contributed by atoms with van der Waals surface area (Å²) in [5, 5.41) is 0.714. The van der Waals surface area contributed by atoms with Gasteiger partial charge in [0.15, 0.2) is 0 Å². The summed E-state index contributed by atoms with van der Waals surface area (Å²) < 4.78 is 11.0. The monoisotopic (exact) mass is 346 g/mol. The van der Waals surface area contributed by atoms with Crippen LogP contribution in [0.2, 0.25) is 5.02 Å². The van der Waals surface area contributed by atoms with Crippen molar-refractivity contribution < 1.29 is 19.2 Å². The number of halogens is 1. The highest BCUT2D eigenvalue weighted by atomic mass is 35.5. The van der Waals surface area contributed by atoms with Crippen molar-refractivity contribution in [1.29, 1.82) is 0 Å². The molecule has 24 heavy (non-hydrogen) atoms. The summed E-state index contributed by atoms with van der Waals surface area (Å²) >= 11 is 5.98. The number of ether oxygens (including phenoxy) is 2. The Kier molecular flexibility index (Phi) is 4.46. The lowest BCUT2D eigenvalue weighted by molar-refractivity contribution is -0.403. The highest BCUT2D eigenvalue weighted by Gasteiger charge is 2.46. The zero-order valence-corrected chi connectivity index (χ0v) is 14.1. The highest BCUT2D eigenvalue weighted by molar-refractivity contribution is 6.30. The van der Waals surface area contributed by atoms with E-state index < -0.39 is 0 Å². The first kappa shape index (κ1) is 15.9. The molecule has 2 aliphatic rings. The number of hydrogen-bond donors (Lipinski definition) is 0. The molecule has 0 aliphatic carbocycles. The van der Waals surface area contributed by atoms with E-state index >= 15 is 0 Å². The Morgan fingerprint density at radius 2 is 1.33 bits per heavy atom. The summed E-state index contributed by atoms with van der Waals surface area (Å²) in [7, 11) is 1.66. The second kappa shape index (κ2) is 6.73. The smallest absolute Gasteiger partial charge is 0.123 e. The maximum Gasteiger partial charge on any atom is 0.123 e. The summed E-state index contributed by atoms with van der Waals surface area (Å²) in [6.07, 6.45) is -0.267. The third-order valence-electron chi connectivity index (χ3n) is 4.85. The first-order chi connectivity index (χ1) is 11.8. The lowest BCUT2D eigenvalue weighted by atomic mass is 9.81. The van der Waals surface area contributed by atoms with Crippen molar-refractivity contribution in [2.75, 3.05) is 20.3 Å². The lowest BCUT2D eigenvalue weighted by Crippen LogP contribution is -2.34. The average molecular weight is 347 g/mol. The quantitative estimate of drug-likeness (QED) is 0.774. The minimum atomic E-state index is -0.135. The van der Waals surface area contributed by atoms with Gasteiger partial charge in [0.1, 0.15) is 18.0 Å².